The first-order chi connectivity index (χ1) is 5.11. The van der Waals surface area contributed by atoms with Gasteiger partial charge in [-0.05, 0) is 30.6 Å². The zero-order chi connectivity index (χ0) is 8.43. The van der Waals surface area contributed by atoms with Crippen molar-refractivity contribution in [3.05, 3.63) is 0 Å². The van der Waals surface area contributed by atoms with E-state index >= 15 is 0 Å². The molecule has 1 fully saturated rings. The summed E-state index contributed by atoms with van der Waals surface area (Å²) >= 11 is 0. The first-order valence-electron chi connectivity index (χ1n) is 4.79. The van der Waals surface area contributed by atoms with Crippen molar-refractivity contribution in [2.45, 2.75) is 46.1 Å². The second-order valence-corrected chi connectivity index (χ2v) is 4.39. The monoisotopic (exact) mass is 156 g/mol. The molecule has 0 bridgehead atoms. The predicted octanol–water partition coefficient (Wildman–Crippen LogP) is 2.44. The number of aliphatic hydroxyl groups excluding tert-OH is 1. The van der Waals surface area contributed by atoms with Gasteiger partial charge in [0.1, 0.15) is 0 Å². The molecule has 0 amide bonds. The summed E-state index contributed by atoms with van der Waals surface area (Å²) in [6.45, 7) is 6.66. The minimum Gasteiger partial charge on any atom is -0.393 e. The van der Waals surface area contributed by atoms with Gasteiger partial charge in [-0.1, -0.05) is 27.2 Å². The third kappa shape index (κ3) is 2.19. The van der Waals surface area contributed by atoms with Crippen LogP contribution in [0.1, 0.15) is 40.0 Å². The van der Waals surface area contributed by atoms with E-state index in [1.165, 1.54) is 12.8 Å². The van der Waals surface area contributed by atoms with E-state index in [1.807, 2.05) is 0 Å². The molecule has 0 aromatic carbocycles. The molecule has 1 saturated carbocycles. The second-order valence-electron chi connectivity index (χ2n) is 4.39. The normalized spacial score (nSPS) is 39.5. The highest BCUT2D eigenvalue weighted by Crippen LogP contribution is 2.33. The average molecular weight is 156 g/mol. The highest BCUT2D eigenvalue weighted by atomic mass is 16.3. The molecule has 0 aliphatic heterocycles. The molecule has 1 aliphatic carbocycles. The van der Waals surface area contributed by atoms with Gasteiger partial charge in [-0.15, -0.1) is 0 Å². The molecule has 0 unspecified atom stereocenters. The van der Waals surface area contributed by atoms with Crippen LogP contribution in [0.5, 0.6) is 0 Å². The van der Waals surface area contributed by atoms with Gasteiger partial charge in [0, 0.05) is 0 Å². The van der Waals surface area contributed by atoms with E-state index in [-0.39, 0.29) is 6.10 Å². The van der Waals surface area contributed by atoms with Gasteiger partial charge >= 0.3 is 0 Å². The van der Waals surface area contributed by atoms with Crippen LogP contribution < -0.4 is 0 Å². The second kappa shape index (κ2) is 3.57. The maximum Gasteiger partial charge on any atom is 0.0573 e. The van der Waals surface area contributed by atoms with Crippen molar-refractivity contribution in [1.29, 1.82) is 0 Å². The Morgan fingerprint density at radius 2 is 1.91 bits per heavy atom. The minimum absolute atomic E-state index is 0.0289. The summed E-state index contributed by atoms with van der Waals surface area (Å²) in [7, 11) is 0. The van der Waals surface area contributed by atoms with E-state index in [2.05, 4.69) is 20.8 Å². The SMILES string of the molecule is CC(C)[C@H]1CC[C@H](C)C[C@H]1O. The quantitative estimate of drug-likeness (QED) is 0.618. The van der Waals surface area contributed by atoms with E-state index in [0.717, 1.165) is 12.3 Å². The van der Waals surface area contributed by atoms with E-state index in [0.29, 0.717) is 11.8 Å². The van der Waals surface area contributed by atoms with Crippen LogP contribution in [0.2, 0.25) is 0 Å². The lowest BCUT2D eigenvalue weighted by molar-refractivity contribution is 0.0266. The first kappa shape index (κ1) is 9.05. The summed E-state index contributed by atoms with van der Waals surface area (Å²) in [5, 5.41) is 9.71. The maximum absolute atomic E-state index is 9.71. The van der Waals surface area contributed by atoms with Crippen molar-refractivity contribution in [3.63, 3.8) is 0 Å². The summed E-state index contributed by atoms with van der Waals surface area (Å²) in [5.41, 5.74) is 0. The molecule has 0 aromatic heterocycles. The zero-order valence-electron chi connectivity index (χ0n) is 7.88. The average Bonchev–Trinajstić information content (AvgIpc) is 1.85. The molecule has 0 radical (unpaired) electrons. The number of rotatable bonds is 1. The molecule has 0 saturated heterocycles. The van der Waals surface area contributed by atoms with Crippen molar-refractivity contribution in [2.24, 2.45) is 17.8 Å². The largest absolute Gasteiger partial charge is 0.393 e. The lowest BCUT2D eigenvalue weighted by atomic mass is 9.75. The van der Waals surface area contributed by atoms with Crippen molar-refractivity contribution in [3.8, 4) is 0 Å². The van der Waals surface area contributed by atoms with Crippen LogP contribution in [0.25, 0.3) is 0 Å². The van der Waals surface area contributed by atoms with E-state index < -0.39 is 0 Å². The lowest BCUT2D eigenvalue weighted by Crippen LogP contribution is -2.31. The van der Waals surface area contributed by atoms with Gasteiger partial charge in [0.25, 0.3) is 0 Å². The Morgan fingerprint density at radius 1 is 1.27 bits per heavy atom. The van der Waals surface area contributed by atoms with Crippen molar-refractivity contribution in [2.75, 3.05) is 0 Å². The van der Waals surface area contributed by atoms with Gasteiger partial charge in [0.2, 0.25) is 0 Å². The Morgan fingerprint density at radius 3 is 2.36 bits per heavy atom. The first-order valence-corrected chi connectivity index (χ1v) is 4.79. The highest BCUT2D eigenvalue weighted by molar-refractivity contribution is 4.79. The van der Waals surface area contributed by atoms with Crippen LogP contribution in [-0.2, 0) is 0 Å². The summed E-state index contributed by atoms with van der Waals surface area (Å²) in [6.07, 6.45) is 3.52. The molecule has 0 aromatic rings. The topological polar surface area (TPSA) is 20.2 Å². The molecular weight excluding hydrogens is 136 g/mol. The van der Waals surface area contributed by atoms with Gasteiger partial charge in [0.05, 0.1) is 6.10 Å². The molecule has 3 atom stereocenters. The van der Waals surface area contributed by atoms with Gasteiger partial charge in [-0.25, -0.2) is 0 Å². The molecule has 1 N–H and O–H groups in total. The van der Waals surface area contributed by atoms with Crippen LogP contribution in [0.4, 0.5) is 0 Å². The molecule has 66 valence electrons. The predicted molar refractivity (Wildman–Crippen MR) is 47.3 cm³/mol. The maximum atomic E-state index is 9.71. The fraction of sp³-hybridized carbons (Fsp3) is 1.00. The Balaban J connectivity index is 2.44. The molecule has 0 spiro atoms. The number of hydrogen-bond acceptors (Lipinski definition) is 1. The molecule has 1 nitrogen and oxygen atoms in total. The van der Waals surface area contributed by atoms with Crippen LogP contribution >= 0.6 is 0 Å². The standard InChI is InChI=1S/C10H20O/c1-7(2)9-5-4-8(3)6-10(9)11/h7-11H,4-6H2,1-3H3/t8-,9+,10+/m0/s1. The molecule has 0 heterocycles. The highest BCUT2D eigenvalue weighted by Gasteiger charge is 2.28. The molecule has 11 heavy (non-hydrogen) atoms. The molecular formula is C10H20O. The Bertz CT molecular complexity index is 120. The molecule has 1 aliphatic rings. The molecule has 1 rings (SSSR count). The summed E-state index contributed by atoms with van der Waals surface area (Å²) in [5.74, 6) is 1.95. The van der Waals surface area contributed by atoms with E-state index in [9.17, 15) is 5.11 Å². The fourth-order valence-electron chi connectivity index (χ4n) is 2.15. The number of hydrogen-bond donors (Lipinski definition) is 1. The van der Waals surface area contributed by atoms with Gasteiger partial charge in [0.15, 0.2) is 0 Å². The van der Waals surface area contributed by atoms with Crippen molar-refractivity contribution >= 4 is 0 Å². The smallest absolute Gasteiger partial charge is 0.0573 e. The van der Waals surface area contributed by atoms with Crippen LogP contribution in [0.3, 0.4) is 0 Å². The third-order valence-electron chi connectivity index (χ3n) is 2.99. The molecule has 1 heteroatoms. The van der Waals surface area contributed by atoms with Crippen LogP contribution in [-0.4, -0.2) is 11.2 Å². The zero-order valence-corrected chi connectivity index (χ0v) is 7.88. The van der Waals surface area contributed by atoms with Crippen LogP contribution in [0, 0.1) is 17.8 Å². The Kier molecular flexibility index (Phi) is 2.94. The van der Waals surface area contributed by atoms with Gasteiger partial charge in [-0.2, -0.15) is 0 Å². The van der Waals surface area contributed by atoms with Crippen LogP contribution in [0.15, 0.2) is 0 Å². The summed E-state index contributed by atoms with van der Waals surface area (Å²) in [6, 6.07) is 0. The van der Waals surface area contributed by atoms with E-state index in [1.54, 1.807) is 0 Å². The Hall–Kier alpha value is -0.0400. The van der Waals surface area contributed by atoms with Gasteiger partial charge < -0.3 is 5.11 Å². The van der Waals surface area contributed by atoms with Crippen molar-refractivity contribution < 1.29 is 5.11 Å². The summed E-state index contributed by atoms with van der Waals surface area (Å²) in [4.78, 5) is 0. The Labute approximate surface area is 69.8 Å². The fourth-order valence-corrected chi connectivity index (χ4v) is 2.15. The lowest BCUT2D eigenvalue weighted by Gasteiger charge is -2.33. The third-order valence-corrected chi connectivity index (χ3v) is 2.99. The summed E-state index contributed by atoms with van der Waals surface area (Å²) < 4.78 is 0. The minimum atomic E-state index is -0.0289. The number of aliphatic hydroxyl groups is 1. The van der Waals surface area contributed by atoms with Gasteiger partial charge in [-0.3, -0.25) is 0 Å². The van der Waals surface area contributed by atoms with Crippen molar-refractivity contribution in [1.82, 2.24) is 0 Å². The van der Waals surface area contributed by atoms with E-state index in [4.69, 9.17) is 0 Å².